The molecule has 1 heterocycles. The molecule has 0 saturated heterocycles. The number of carbonyl (C=O) groups excluding carboxylic acids is 1. The van der Waals surface area contributed by atoms with E-state index in [1.807, 2.05) is 0 Å². The highest BCUT2D eigenvalue weighted by Gasteiger charge is 2.20. The normalized spacial score (nSPS) is 16.6. The van der Waals surface area contributed by atoms with Crippen LogP contribution >= 0.6 is 11.3 Å². The molecule has 4 heteroatoms. The van der Waals surface area contributed by atoms with Gasteiger partial charge < -0.3 is 4.74 Å². The van der Waals surface area contributed by atoms with Gasteiger partial charge >= 0.3 is 5.97 Å². The number of esters is 1. The highest BCUT2D eigenvalue weighted by atomic mass is 32.1. The lowest BCUT2D eigenvalue weighted by Crippen LogP contribution is -2.02. The zero-order chi connectivity index (χ0) is 11.4. The van der Waals surface area contributed by atoms with Gasteiger partial charge in [0.2, 0.25) is 0 Å². The number of hydrogen-bond acceptors (Lipinski definition) is 4. The minimum absolute atomic E-state index is 0.157. The van der Waals surface area contributed by atoms with Crippen LogP contribution in [0.4, 0.5) is 0 Å². The summed E-state index contributed by atoms with van der Waals surface area (Å²) in [6, 6.07) is 0. The fraction of sp³-hybridized carbons (Fsp3) is 0.667. The molecule has 0 amide bonds. The van der Waals surface area contributed by atoms with Gasteiger partial charge in [-0.15, -0.1) is 11.3 Å². The van der Waals surface area contributed by atoms with Crippen LogP contribution in [0, 0.1) is 0 Å². The quantitative estimate of drug-likeness (QED) is 0.758. The molecule has 1 aliphatic carbocycles. The second-order valence-electron chi connectivity index (χ2n) is 4.23. The van der Waals surface area contributed by atoms with E-state index in [0.717, 1.165) is 5.69 Å². The molecule has 3 nitrogen and oxygen atoms in total. The van der Waals surface area contributed by atoms with Gasteiger partial charge in [0.15, 0.2) is 0 Å². The molecule has 1 aromatic rings. The highest BCUT2D eigenvalue weighted by Crippen LogP contribution is 2.35. The third-order valence-electron chi connectivity index (χ3n) is 3.09. The van der Waals surface area contributed by atoms with E-state index in [1.165, 1.54) is 37.8 Å². The number of rotatable bonds is 4. The summed E-state index contributed by atoms with van der Waals surface area (Å²) in [6.45, 7) is 0. The minimum Gasteiger partial charge on any atom is -0.469 e. The molecular weight excluding hydrogens is 222 g/mol. The molecule has 0 unspecified atom stereocenters. The monoisotopic (exact) mass is 239 g/mol. The Balaban J connectivity index is 1.89. The van der Waals surface area contributed by atoms with Crippen molar-refractivity contribution in [2.45, 2.75) is 44.4 Å². The molecule has 0 aromatic carbocycles. The van der Waals surface area contributed by atoms with Crippen molar-refractivity contribution in [1.29, 1.82) is 0 Å². The molecule has 1 aromatic heterocycles. The standard InChI is InChI=1S/C12H17NO2S/c1-15-11(14)7-6-10-8-16-12(13-10)9-4-2-3-5-9/h8-9H,2-7H2,1H3. The van der Waals surface area contributed by atoms with Crippen molar-refractivity contribution in [3.8, 4) is 0 Å². The fourth-order valence-electron chi connectivity index (χ4n) is 2.13. The summed E-state index contributed by atoms with van der Waals surface area (Å²) >= 11 is 1.74. The van der Waals surface area contributed by atoms with Crippen molar-refractivity contribution in [1.82, 2.24) is 4.98 Å². The molecule has 1 saturated carbocycles. The van der Waals surface area contributed by atoms with E-state index < -0.39 is 0 Å². The molecule has 0 N–H and O–H groups in total. The summed E-state index contributed by atoms with van der Waals surface area (Å²) in [7, 11) is 1.42. The van der Waals surface area contributed by atoms with Crippen molar-refractivity contribution in [3.63, 3.8) is 0 Å². The molecule has 1 fully saturated rings. The number of ether oxygens (including phenoxy) is 1. The first-order valence-corrected chi connectivity index (χ1v) is 6.68. The third-order valence-corrected chi connectivity index (χ3v) is 4.14. The van der Waals surface area contributed by atoms with Gasteiger partial charge in [0.1, 0.15) is 0 Å². The maximum atomic E-state index is 11.0. The average molecular weight is 239 g/mol. The smallest absolute Gasteiger partial charge is 0.305 e. The molecule has 0 aliphatic heterocycles. The van der Waals surface area contributed by atoms with Crippen molar-refractivity contribution in [3.05, 3.63) is 16.1 Å². The van der Waals surface area contributed by atoms with Crippen LogP contribution in [0.3, 0.4) is 0 Å². The molecule has 0 spiro atoms. The van der Waals surface area contributed by atoms with Gasteiger partial charge in [-0.25, -0.2) is 4.98 Å². The van der Waals surface area contributed by atoms with Crippen LogP contribution in [-0.4, -0.2) is 18.1 Å². The van der Waals surface area contributed by atoms with Crippen LogP contribution in [0.1, 0.15) is 48.7 Å². The summed E-state index contributed by atoms with van der Waals surface area (Å²) in [5, 5.41) is 3.34. The van der Waals surface area contributed by atoms with Crippen LogP contribution in [0.2, 0.25) is 0 Å². The Bertz CT molecular complexity index is 356. The molecule has 88 valence electrons. The Morgan fingerprint density at radius 2 is 2.31 bits per heavy atom. The number of aromatic nitrogens is 1. The average Bonchev–Trinajstić information content (AvgIpc) is 2.95. The Morgan fingerprint density at radius 1 is 1.56 bits per heavy atom. The van der Waals surface area contributed by atoms with Crippen LogP contribution in [-0.2, 0) is 16.0 Å². The Kier molecular flexibility index (Phi) is 3.93. The maximum Gasteiger partial charge on any atom is 0.305 e. The first kappa shape index (κ1) is 11.6. The summed E-state index contributed by atoms with van der Waals surface area (Å²) in [6.07, 6.45) is 6.37. The van der Waals surface area contributed by atoms with Crippen LogP contribution in [0.15, 0.2) is 5.38 Å². The van der Waals surface area contributed by atoms with Crippen LogP contribution < -0.4 is 0 Å². The van der Waals surface area contributed by atoms with E-state index in [-0.39, 0.29) is 5.97 Å². The summed E-state index contributed by atoms with van der Waals surface area (Å²) in [5.74, 6) is 0.521. The fourth-order valence-corrected chi connectivity index (χ4v) is 3.16. The predicted molar refractivity (Wildman–Crippen MR) is 63.7 cm³/mol. The lowest BCUT2D eigenvalue weighted by Gasteiger charge is -2.02. The number of aryl methyl sites for hydroxylation is 1. The lowest BCUT2D eigenvalue weighted by atomic mass is 10.1. The Morgan fingerprint density at radius 3 is 3.00 bits per heavy atom. The summed E-state index contributed by atoms with van der Waals surface area (Å²) in [4.78, 5) is 15.6. The zero-order valence-electron chi connectivity index (χ0n) is 9.57. The second-order valence-corrected chi connectivity index (χ2v) is 5.12. The largest absolute Gasteiger partial charge is 0.469 e. The van der Waals surface area contributed by atoms with E-state index in [2.05, 4.69) is 15.1 Å². The van der Waals surface area contributed by atoms with Crippen molar-refractivity contribution in [2.24, 2.45) is 0 Å². The summed E-state index contributed by atoms with van der Waals surface area (Å²) < 4.78 is 4.62. The number of carbonyl (C=O) groups is 1. The van der Waals surface area contributed by atoms with E-state index in [1.54, 1.807) is 11.3 Å². The zero-order valence-corrected chi connectivity index (χ0v) is 10.4. The lowest BCUT2D eigenvalue weighted by molar-refractivity contribution is -0.140. The van der Waals surface area contributed by atoms with Gasteiger partial charge in [-0.05, 0) is 12.8 Å². The van der Waals surface area contributed by atoms with Gasteiger partial charge in [-0.1, -0.05) is 12.8 Å². The van der Waals surface area contributed by atoms with Crippen molar-refractivity contribution < 1.29 is 9.53 Å². The molecular formula is C12H17NO2S. The van der Waals surface area contributed by atoms with Gasteiger partial charge in [-0.3, -0.25) is 4.79 Å². The van der Waals surface area contributed by atoms with E-state index >= 15 is 0 Å². The van der Waals surface area contributed by atoms with E-state index in [0.29, 0.717) is 18.8 Å². The van der Waals surface area contributed by atoms with E-state index in [4.69, 9.17) is 0 Å². The molecule has 0 atom stereocenters. The first-order chi connectivity index (χ1) is 7.79. The first-order valence-electron chi connectivity index (χ1n) is 5.80. The topological polar surface area (TPSA) is 39.2 Å². The summed E-state index contributed by atoms with van der Waals surface area (Å²) in [5.41, 5.74) is 1.04. The molecule has 1 aliphatic rings. The minimum atomic E-state index is -0.157. The van der Waals surface area contributed by atoms with Gasteiger partial charge in [0, 0.05) is 17.7 Å². The Hall–Kier alpha value is -0.900. The Labute approximate surface area is 99.8 Å². The predicted octanol–water partition coefficient (Wildman–Crippen LogP) is 2.91. The third kappa shape index (κ3) is 2.82. The number of methoxy groups -OCH3 is 1. The molecule has 0 bridgehead atoms. The number of nitrogens with zero attached hydrogens (tertiary/aromatic N) is 1. The van der Waals surface area contributed by atoms with E-state index in [9.17, 15) is 4.79 Å². The number of thiazole rings is 1. The molecule has 2 rings (SSSR count). The SMILES string of the molecule is COC(=O)CCc1csc(C2CCCC2)n1. The molecule has 0 radical (unpaired) electrons. The van der Waals surface area contributed by atoms with Crippen molar-refractivity contribution >= 4 is 17.3 Å². The number of hydrogen-bond donors (Lipinski definition) is 0. The maximum absolute atomic E-state index is 11.0. The van der Waals surface area contributed by atoms with Gasteiger partial charge in [-0.2, -0.15) is 0 Å². The van der Waals surface area contributed by atoms with Gasteiger partial charge in [0.25, 0.3) is 0 Å². The van der Waals surface area contributed by atoms with Crippen LogP contribution in [0.5, 0.6) is 0 Å². The van der Waals surface area contributed by atoms with Crippen LogP contribution in [0.25, 0.3) is 0 Å². The second kappa shape index (κ2) is 5.43. The van der Waals surface area contributed by atoms with Crippen molar-refractivity contribution in [2.75, 3.05) is 7.11 Å². The highest BCUT2D eigenvalue weighted by molar-refractivity contribution is 7.09. The molecule has 16 heavy (non-hydrogen) atoms. The van der Waals surface area contributed by atoms with Gasteiger partial charge in [0.05, 0.1) is 24.2 Å².